The minimum atomic E-state index is -3.58. The van der Waals surface area contributed by atoms with Crippen molar-refractivity contribution in [2.45, 2.75) is 30.7 Å². The van der Waals surface area contributed by atoms with Crippen LogP contribution in [-0.2, 0) is 16.6 Å². The maximum absolute atomic E-state index is 13.2. The number of hydrogen-bond acceptors (Lipinski definition) is 4. The highest BCUT2D eigenvalue weighted by molar-refractivity contribution is 7.89. The maximum atomic E-state index is 13.2. The van der Waals surface area contributed by atoms with Gasteiger partial charge < -0.3 is 4.57 Å². The highest BCUT2D eigenvalue weighted by Gasteiger charge is 2.31. The van der Waals surface area contributed by atoms with Gasteiger partial charge in [-0.1, -0.05) is 24.6 Å². The number of rotatable bonds is 3. The first kappa shape index (κ1) is 18.3. The Bertz CT molecular complexity index is 1200. The standard InChI is InChI=1S/C21H22N4O3S/c26-20(25-14-13-24-19-10-3-2-9-18(19)22-21(24)25)16-7-6-8-17(15-16)29(27,28)23-11-4-1-5-12-23/h2-3,6-10,15H,1,4-5,11-14H2. The summed E-state index contributed by atoms with van der Waals surface area (Å²) in [4.78, 5) is 19.6. The summed E-state index contributed by atoms with van der Waals surface area (Å²) in [7, 11) is -3.58. The molecule has 5 rings (SSSR count). The molecule has 8 heteroatoms. The summed E-state index contributed by atoms with van der Waals surface area (Å²) in [6.45, 7) is 2.27. The molecule has 1 amide bonds. The molecule has 29 heavy (non-hydrogen) atoms. The predicted molar refractivity (Wildman–Crippen MR) is 110 cm³/mol. The number of piperidine rings is 1. The van der Waals surface area contributed by atoms with Crippen LogP contribution in [0.3, 0.4) is 0 Å². The van der Waals surface area contributed by atoms with E-state index in [9.17, 15) is 13.2 Å². The van der Waals surface area contributed by atoms with Crippen LogP contribution in [0.5, 0.6) is 0 Å². The second kappa shape index (κ2) is 6.96. The molecule has 3 heterocycles. The van der Waals surface area contributed by atoms with Crippen LogP contribution in [0.2, 0.25) is 0 Å². The van der Waals surface area contributed by atoms with Crippen LogP contribution in [-0.4, -0.2) is 47.8 Å². The van der Waals surface area contributed by atoms with E-state index in [0.29, 0.717) is 37.7 Å². The summed E-state index contributed by atoms with van der Waals surface area (Å²) < 4.78 is 29.5. The molecule has 0 atom stereocenters. The molecule has 1 saturated heterocycles. The molecule has 2 aliphatic rings. The van der Waals surface area contributed by atoms with Gasteiger partial charge in [0.1, 0.15) is 0 Å². The van der Waals surface area contributed by atoms with Gasteiger partial charge in [0, 0.05) is 31.7 Å². The molecule has 7 nitrogen and oxygen atoms in total. The fourth-order valence-corrected chi connectivity index (χ4v) is 5.74. The first-order valence-corrected chi connectivity index (χ1v) is 11.4. The Morgan fingerprint density at radius 2 is 1.69 bits per heavy atom. The van der Waals surface area contributed by atoms with E-state index in [-0.39, 0.29) is 10.8 Å². The van der Waals surface area contributed by atoms with Gasteiger partial charge in [0.25, 0.3) is 5.91 Å². The van der Waals surface area contributed by atoms with Crippen LogP contribution < -0.4 is 4.90 Å². The Morgan fingerprint density at radius 1 is 0.897 bits per heavy atom. The van der Waals surface area contributed by atoms with E-state index in [1.54, 1.807) is 23.1 Å². The van der Waals surface area contributed by atoms with Crippen molar-refractivity contribution in [3.63, 3.8) is 0 Å². The number of benzene rings is 2. The van der Waals surface area contributed by atoms with Gasteiger partial charge in [-0.2, -0.15) is 4.31 Å². The number of nitrogens with zero attached hydrogens (tertiary/aromatic N) is 4. The van der Waals surface area contributed by atoms with Gasteiger partial charge >= 0.3 is 0 Å². The largest absolute Gasteiger partial charge is 0.308 e. The smallest absolute Gasteiger partial charge is 0.260 e. The Labute approximate surface area is 169 Å². The van der Waals surface area contributed by atoms with Crippen molar-refractivity contribution < 1.29 is 13.2 Å². The second-order valence-corrected chi connectivity index (χ2v) is 9.44. The third-order valence-corrected chi connectivity index (χ3v) is 7.60. The first-order valence-electron chi connectivity index (χ1n) is 9.93. The molecule has 1 aromatic heterocycles. The van der Waals surface area contributed by atoms with E-state index in [0.717, 1.165) is 30.3 Å². The van der Waals surface area contributed by atoms with E-state index in [4.69, 9.17) is 0 Å². The van der Waals surface area contributed by atoms with Crippen LogP contribution >= 0.6 is 0 Å². The van der Waals surface area contributed by atoms with Crippen molar-refractivity contribution in [2.24, 2.45) is 0 Å². The zero-order valence-corrected chi connectivity index (χ0v) is 16.8. The first-order chi connectivity index (χ1) is 14.1. The van der Waals surface area contributed by atoms with Crippen LogP contribution in [0.15, 0.2) is 53.4 Å². The zero-order chi connectivity index (χ0) is 20.0. The van der Waals surface area contributed by atoms with Crippen LogP contribution in [0, 0.1) is 0 Å². The van der Waals surface area contributed by atoms with Crippen molar-refractivity contribution in [1.29, 1.82) is 0 Å². The number of amides is 1. The quantitative estimate of drug-likeness (QED) is 0.665. The number of fused-ring (bicyclic) bond motifs is 3. The third kappa shape index (κ3) is 3.03. The molecule has 2 aliphatic heterocycles. The van der Waals surface area contributed by atoms with Gasteiger partial charge in [0.15, 0.2) is 0 Å². The van der Waals surface area contributed by atoms with E-state index >= 15 is 0 Å². The number of imidazole rings is 1. The highest BCUT2D eigenvalue weighted by atomic mass is 32.2. The van der Waals surface area contributed by atoms with Crippen LogP contribution in [0.25, 0.3) is 11.0 Å². The summed E-state index contributed by atoms with van der Waals surface area (Å²) in [5.41, 5.74) is 2.21. The lowest BCUT2D eigenvalue weighted by atomic mass is 10.2. The average Bonchev–Trinajstić information content (AvgIpc) is 3.33. The van der Waals surface area contributed by atoms with E-state index in [1.807, 2.05) is 28.8 Å². The number of carbonyl (C=O) groups excluding carboxylic acids is 1. The van der Waals surface area contributed by atoms with Gasteiger partial charge in [0.2, 0.25) is 16.0 Å². The summed E-state index contributed by atoms with van der Waals surface area (Å²) in [5.74, 6) is 0.384. The molecule has 0 bridgehead atoms. The highest BCUT2D eigenvalue weighted by Crippen LogP contribution is 2.29. The maximum Gasteiger partial charge on any atom is 0.260 e. The number of para-hydroxylation sites is 2. The van der Waals surface area contributed by atoms with Gasteiger partial charge in [0.05, 0.1) is 15.9 Å². The number of anilines is 1. The summed E-state index contributed by atoms with van der Waals surface area (Å²) >= 11 is 0. The van der Waals surface area contributed by atoms with Crippen molar-refractivity contribution in [2.75, 3.05) is 24.5 Å². The SMILES string of the molecule is O=C(c1cccc(S(=O)(=O)N2CCCCC2)c1)N1CCn2c1nc1ccccc12. The number of sulfonamides is 1. The molecule has 0 saturated carbocycles. The minimum absolute atomic E-state index is 0.179. The monoisotopic (exact) mass is 410 g/mol. The molecule has 3 aromatic rings. The molecular formula is C21H22N4O3S. The van der Waals surface area contributed by atoms with Crippen molar-refractivity contribution in [3.8, 4) is 0 Å². The van der Waals surface area contributed by atoms with Crippen molar-refractivity contribution in [3.05, 3.63) is 54.1 Å². The van der Waals surface area contributed by atoms with Gasteiger partial charge in [-0.25, -0.2) is 13.4 Å². The third-order valence-electron chi connectivity index (χ3n) is 5.70. The molecule has 2 aromatic carbocycles. The molecule has 1 fully saturated rings. The lowest BCUT2D eigenvalue weighted by Crippen LogP contribution is -2.36. The van der Waals surface area contributed by atoms with Gasteiger partial charge in [-0.15, -0.1) is 0 Å². The molecule has 150 valence electrons. The Balaban J connectivity index is 1.47. The zero-order valence-electron chi connectivity index (χ0n) is 16.0. The van der Waals surface area contributed by atoms with Crippen molar-refractivity contribution >= 4 is 32.9 Å². The van der Waals surface area contributed by atoms with Crippen molar-refractivity contribution in [1.82, 2.24) is 13.9 Å². The lowest BCUT2D eigenvalue weighted by Gasteiger charge is -2.26. The average molecular weight is 410 g/mol. The molecule has 0 unspecified atom stereocenters. The van der Waals surface area contributed by atoms with Gasteiger partial charge in [-0.05, 0) is 43.2 Å². The van der Waals surface area contributed by atoms with E-state index in [1.165, 1.54) is 10.4 Å². The molecule has 0 radical (unpaired) electrons. The fourth-order valence-electron chi connectivity index (χ4n) is 4.18. The number of carbonyl (C=O) groups is 1. The Kier molecular flexibility index (Phi) is 4.40. The Hall–Kier alpha value is -2.71. The fraction of sp³-hybridized carbons (Fsp3) is 0.333. The summed E-state index contributed by atoms with van der Waals surface area (Å²) in [6.07, 6.45) is 2.81. The normalized spacial score (nSPS) is 17.6. The van der Waals surface area contributed by atoms with Gasteiger partial charge in [-0.3, -0.25) is 9.69 Å². The molecular weight excluding hydrogens is 388 g/mol. The topological polar surface area (TPSA) is 75.5 Å². The van der Waals surface area contributed by atoms with Crippen LogP contribution in [0.1, 0.15) is 29.6 Å². The number of hydrogen-bond donors (Lipinski definition) is 0. The number of aromatic nitrogens is 2. The minimum Gasteiger partial charge on any atom is -0.308 e. The molecule has 0 spiro atoms. The summed E-state index contributed by atoms with van der Waals surface area (Å²) in [6, 6.07) is 14.2. The summed E-state index contributed by atoms with van der Waals surface area (Å²) in [5, 5.41) is 0. The molecule has 0 N–H and O–H groups in total. The second-order valence-electron chi connectivity index (χ2n) is 7.50. The predicted octanol–water partition coefficient (Wildman–Crippen LogP) is 2.87. The molecule has 0 aliphatic carbocycles. The lowest BCUT2D eigenvalue weighted by molar-refractivity contribution is 0.0988. The van der Waals surface area contributed by atoms with E-state index < -0.39 is 10.0 Å². The Morgan fingerprint density at radius 3 is 2.52 bits per heavy atom. The van der Waals surface area contributed by atoms with E-state index in [2.05, 4.69) is 4.98 Å². The van der Waals surface area contributed by atoms with Crippen LogP contribution in [0.4, 0.5) is 5.95 Å².